The second-order valence-electron chi connectivity index (χ2n) is 7.31. The van der Waals surface area contributed by atoms with Crippen LogP contribution >= 0.6 is 12.4 Å². The van der Waals surface area contributed by atoms with Gasteiger partial charge in [-0.2, -0.15) is 0 Å². The third-order valence-electron chi connectivity index (χ3n) is 5.31. The zero-order valence-corrected chi connectivity index (χ0v) is 15.5. The van der Waals surface area contributed by atoms with Gasteiger partial charge >= 0.3 is 0 Å². The quantitative estimate of drug-likeness (QED) is 0.905. The van der Waals surface area contributed by atoms with E-state index in [1.807, 2.05) is 11.8 Å². The SMILES string of the molecule is C[C@H]1OCCN[C@@H]1C(=O)N1CCC(C)(CCc2ccccc2)C1.Cl. The van der Waals surface area contributed by atoms with Gasteiger partial charge in [0.05, 0.1) is 12.7 Å². The molecule has 0 aromatic heterocycles. The lowest BCUT2D eigenvalue weighted by Gasteiger charge is -2.33. The summed E-state index contributed by atoms with van der Waals surface area (Å²) in [5, 5.41) is 3.31. The van der Waals surface area contributed by atoms with Crippen LogP contribution in [0.25, 0.3) is 0 Å². The number of rotatable bonds is 4. The standard InChI is InChI=1S/C19H28N2O2.ClH/c1-15-17(20-11-13-23-15)18(22)21-12-10-19(2,14-21)9-8-16-6-4-3-5-7-16;/h3-7,15,17,20H,8-14H2,1-2H3;1H/t15-,17+,19?;/m1./s1. The van der Waals surface area contributed by atoms with E-state index < -0.39 is 0 Å². The molecule has 1 unspecified atom stereocenters. The van der Waals surface area contributed by atoms with Crippen molar-refractivity contribution in [3.8, 4) is 0 Å². The first-order chi connectivity index (χ1) is 11.1. The van der Waals surface area contributed by atoms with Crippen LogP contribution in [0.2, 0.25) is 0 Å². The minimum Gasteiger partial charge on any atom is -0.375 e. The molecule has 2 saturated heterocycles. The zero-order chi connectivity index (χ0) is 16.3. The molecule has 3 rings (SSSR count). The fourth-order valence-corrected chi connectivity index (χ4v) is 3.71. The summed E-state index contributed by atoms with van der Waals surface area (Å²) in [6.45, 7) is 7.50. The van der Waals surface area contributed by atoms with Crippen molar-refractivity contribution in [1.29, 1.82) is 0 Å². The monoisotopic (exact) mass is 352 g/mol. The number of nitrogens with one attached hydrogen (secondary N) is 1. The van der Waals surface area contributed by atoms with Crippen molar-refractivity contribution in [2.45, 2.75) is 45.3 Å². The smallest absolute Gasteiger partial charge is 0.242 e. The highest BCUT2D eigenvalue weighted by molar-refractivity contribution is 5.85. The maximum Gasteiger partial charge on any atom is 0.242 e. The number of benzene rings is 1. The first-order valence-electron chi connectivity index (χ1n) is 8.75. The Hall–Kier alpha value is -1.10. The summed E-state index contributed by atoms with van der Waals surface area (Å²) in [5.41, 5.74) is 1.61. The molecule has 0 radical (unpaired) electrons. The van der Waals surface area contributed by atoms with Crippen LogP contribution in [0, 0.1) is 5.41 Å². The molecule has 4 nitrogen and oxygen atoms in total. The maximum atomic E-state index is 12.8. The fraction of sp³-hybridized carbons (Fsp3) is 0.632. The van der Waals surface area contributed by atoms with Crippen molar-refractivity contribution in [3.05, 3.63) is 35.9 Å². The van der Waals surface area contributed by atoms with Gasteiger partial charge < -0.3 is 15.0 Å². The average molecular weight is 353 g/mol. The Labute approximate surface area is 151 Å². The molecule has 1 aromatic carbocycles. The number of halogens is 1. The highest BCUT2D eigenvalue weighted by Gasteiger charge is 2.39. The number of carbonyl (C=O) groups is 1. The lowest BCUT2D eigenvalue weighted by molar-refractivity contribution is -0.138. The maximum absolute atomic E-state index is 12.8. The van der Waals surface area contributed by atoms with Crippen LogP contribution in [-0.4, -0.2) is 49.2 Å². The fourth-order valence-electron chi connectivity index (χ4n) is 3.71. The van der Waals surface area contributed by atoms with Gasteiger partial charge in [-0.3, -0.25) is 4.79 Å². The van der Waals surface area contributed by atoms with Crippen molar-refractivity contribution < 1.29 is 9.53 Å². The molecule has 2 heterocycles. The normalized spacial score (nSPS) is 30.0. The topological polar surface area (TPSA) is 41.6 Å². The van der Waals surface area contributed by atoms with E-state index in [0.717, 1.165) is 38.9 Å². The number of aryl methyl sites for hydroxylation is 1. The van der Waals surface area contributed by atoms with Gasteiger partial charge in [-0.1, -0.05) is 37.3 Å². The first kappa shape index (κ1) is 19.2. The number of morpholine rings is 1. The molecule has 0 aliphatic carbocycles. The zero-order valence-electron chi connectivity index (χ0n) is 14.7. The predicted molar refractivity (Wildman–Crippen MR) is 98.5 cm³/mol. The van der Waals surface area contributed by atoms with E-state index in [9.17, 15) is 4.79 Å². The van der Waals surface area contributed by atoms with E-state index in [2.05, 4.69) is 42.6 Å². The highest BCUT2D eigenvalue weighted by atomic mass is 35.5. The molecule has 24 heavy (non-hydrogen) atoms. The molecule has 134 valence electrons. The molecule has 2 fully saturated rings. The van der Waals surface area contributed by atoms with Gasteiger partial charge in [0.15, 0.2) is 0 Å². The second kappa shape index (κ2) is 8.32. The van der Waals surface area contributed by atoms with Gasteiger partial charge in [0.1, 0.15) is 6.04 Å². The van der Waals surface area contributed by atoms with Gasteiger partial charge in [-0.25, -0.2) is 0 Å². The summed E-state index contributed by atoms with van der Waals surface area (Å²) in [6, 6.07) is 10.4. The number of hydrogen-bond acceptors (Lipinski definition) is 3. The van der Waals surface area contributed by atoms with Crippen LogP contribution in [0.1, 0.15) is 32.3 Å². The predicted octanol–water partition coefficient (Wildman–Crippen LogP) is 2.66. The molecule has 3 atom stereocenters. The lowest BCUT2D eigenvalue weighted by Crippen LogP contribution is -2.56. The molecule has 5 heteroatoms. The Morgan fingerprint density at radius 1 is 1.38 bits per heavy atom. The van der Waals surface area contributed by atoms with Crippen molar-refractivity contribution >= 4 is 18.3 Å². The Balaban J connectivity index is 0.00000208. The van der Waals surface area contributed by atoms with Crippen LogP contribution in [0.3, 0.4) is 0 Å². The number of amides is 1. The molecule has 0 saturated carbocycles. The van der Waals surface area contributed by atoms with Crippen LogP contribution in [0.15, 0.2) is 30.3 Å². The largest absolute Gasteiger partial charge is 0.375 e. The van der Waals surface area contributed by atoms with Crippen LogP contribution < -0.4 is 5.32 Å². The number of hydrogen-bond donors (Lipinski definition) is 1. The van der Waals surface area contributed by atoms with Crippen molar-refractivity contribution in [2.24, 2.45) is 5.41 Å². The lowest BCUT2D eigenvalue weighted by atomic mass is 9.83. The molecule has 1 N–H and O–H groups in total. The van der Waals surface area contributed by atoms with Crippen molar-refractivity contribution in [2.75, 3.05) is 26.2 Å². The second-order valence-corrected chi connectivity index (χ2v) is 7.31. The summed E-state index contributed by atoms with van der Waals surface area (Å²) < 4.78 is 5.62. The molecule has 2 aliphatic heterocycles. The Bertz CT molecular complexity index is 539. The van der Waals surface area contributed by atoms with E-state index in [4.69, 9.17) is 4.74 Å². The molecule has 0 spiro atoms. The van der Waals surface area contributed by atoms with Gasteiger partial charge in [0.25, 0.3) is 0 Å². The van der Waals surface area contributed by atoms with E-state index in [1.54, 1.807) is 0 Å². The first-order valence-corrected chi connectivity index (χ1v) is 8.75. The molecule has 1 amide bonds. The Morgan fingerprint density at radius 2 is 2.12 bits per heavy atom. The average Bonchev–Trinajstić information content (AvgIpc) is 2.97. The minimum absolute atomic E-state index is 0. The number of likely N-dealkylation sites (tertiary alicyclic amines) is 1. The van der Waals surface area contributed by atoms with Crippen LogP contribution in [0.5, 0.6) is 0 Å². The van der Waals surface area contributed by atoms with E-state index in [-0.39, 0.29) is 35.9 Å². The Morgan fingerprint density at radius 3 is 2.83 bits per heavy atom. The summed E-state index contributed by atoms with van der Waals surface area (Å²) in [4.78, 5) is 14.8. The highest BCUT2D eigenvalue weighted by Crippen LogP contribution is 2.35. The van der Waals surface area contributed by atoms with Gasteiger partial charge in [0, 0.05) is 19.6 Å². The number of carbonyl (C=O) groups excluding carboxylic acids is 1. The van der Waals surface area contributed by atoms with Gasteiger partial charge in [0.2, 0.25) is 5.91 Å². The van der Waals surface area contributed by atoms with Crippen molar-refractivity contribution in [3.63, 3.8) is 0 Å². The van der Waals surface area contributed by atoms with E-state index in [1.165, 1.54) is 5.56 Å². The van der Waals surface area contributed by atoms with Crippen molar-refractivity contribution in [1.82, 2.24) is 10.2 Å². The molecule has 0 bridgehead atoms. The van der Waals surface area contributed by atoms with Crippen LogP contribution in [-0.2, 0) is 16.0 Å². The third-order valence-corrected chi connectivity index (χ3v) is 5.31. The summed E-state index contributed by atoms with van der Waals surface area (Å²) in [7, 11) is 0. The third kappa shape index (κ3) is 4.50. The summed E-state index contributed by atoms with van der Waals surface area (Å²) in [5.74, 6) is 0.209. The van der Waals surface area contributed by atoms with E-state index in [0.29, 0.717) is 6.61 Å². The number of ether oxygens (including phenoxy) is 1. The molecule has 2 aliphatic rings. The summed E-state index contributed by atoms with van der Waals surface area (Å²) >= 11 is 0. The molecule has 1 aromatic rings. The molecular formula is C19H29ClN2O2. The number of nitrogens with zero attached hydrogens (tertiary/aromatic N) is 1. The Kier molecular flexibility index (Phi) is 6.67. The van der Waals surface area contributed by atoms with Gasteiger partial charge in [-0.15, -0.1) is 12.4 Å². The van der Waals surface area contributed by atoms with Crippen LogP contribution in [0.4, 0.5) is 0 Å². The summed E-state index contributed by atoms with van der Waals surface area (Å²) in [6.07, 6.45) is 3.27. The minimum atomic E-state index is -0.180. The molecular weight excluding hydrogens is 324 g/mol. The van der Waals surface area contributed by atoms with Gasteiger partial charge in [-0.05, 0) is 37.2 Å². The van der Waals surface area contributed by atoms with E-state index >= 15 is 0 Å².